The Kier molecular flexibility index (Phi) is 6.75. The molecule has 2 aromatic rings. The SMILES string of the molecule is CCCNC(=O)C1CCC(=O)N(c2ccc(OC)cc2)C1c1ccccc1OC. The molecule has 0 saturated carbocycles. The fourth-order valence-electron chi connectivity index (χ4n) is 3.86. The number of hydrogen-bond acceptors (Lipinski definition) is 4. The lowest BCUT2D eigenvalue weighted by molar-refractivity contribution is -0.129. The second-order valence-corrected chi connectivity index (χ2v) is 7.08. The van der Waals surface area contributed by atoms with Crippen LogP contribution in [-0.2, 0) is 9.59 Å². The lowest BCUT2D eigenvalue weighted by Gasteiger charge is -2.41. The average Bonchev–Trinajstić information content (AvgIpc) is 2.77. The molecule has 0 spiro atoms. The van der Waals surface area contributed by atoms with Gasteiger partial charge in [0.1, 0.15) is 11.5 Å². The standard InChI is InChI=1S/C23H28N2O4/c1-4-15-24-23(27)19-13-14-21(26)25(16-9-11-17(28-2)12-10-16)22(19)18-7-5-6-8-20(18)29-3/h5-12,19,22H,4,13-15H2,1-3H3,(H,24,27). The Balaban J connectivity index is 2.08. The highest BCUT2D eigenvalue weighted by molar-refractivity contribution is 5.97. The van der Waals surface area contributed by atoms with Crippen molar-refractivity contribution in [3.05, 3.63) is 54.1 Å². The molecule has 1 aliphatic heterocycles. The third-order valence-corrected chi connectivity index (χ3v) is 5.29. The van der Waals surface area contributed by atoms with Crippen LogP contribution in [0.3, 0.4) is 0 Å². The van der Waals surface area contributed by atoms with Gasteiger partial charge in [0.15, 0.2) is 0 Å². The zero-order valence-electron chi connectivity index (χ0n) is 17.2. The molecule has 0 radical (unpaired) electrons. The molecular formula is C23H28N2O4. The van der Waals surface area contributed by atoms with Gasteiger partial charge in [-0.15, -0.1) is 0 Å². The highest BCUT2D eigenvalue weighted by Crippen LogP contribution is 2.43. The van der Waals surface area contributed by atoms with Crippen molar-refractivity contribution in [2.75, 3.05) is 25.7 Å². The van der Waals surface area contributed by atoms with Crippen LogP contribution in [0, 0.1) is 5.92 Å². The molecule has 1 saturated heterocycles. The number of hydrogen-bond donors (Lipinski definition) is 1. The van der Waals surface area contributed by atoms with Crippen LogP contribution in [0.2, 0.25) is 0 Å². The maximum absolute atomic E-state index is 13.0. The normalized spacial score (nSPS) is 19.0. The van der Waals surface area contributed by atoms with Crippen molar-refractivity contribution in [1.82, 2.24) is 5.32 Å². The largest absolute Gasteiger partial charge is 0.497 e. The van der Waals surface area contributed by atoms with Crippen LogP contribution in [-0.4, -0.2) is 32.6 Å². The van der Waals surface area contributed by atoms with E-state index in [0.29, 0.717) is 30.9 Å². The monoisotopic (exact) mass is 396 g/mol. The average molecular weight is 396 g/mol. The van der Waals surface area contributed by atoms with Crippen LogP contribution in [0.15, 0.2) is 48.5 Å². The van der Waals surface area contributed by atoms with Crippen LogP contribution in [0.5, 0.6) is 11.5 Å². The number of amides is 2. The van der Waals surface area contributed by atoms with Crippen LogP contribution in [0.25, 0.3) is 0 Å². The van der Waals surface area contributed by atoms with Gasteiger partial charge < -0.3 is 19.7 Å². The van der Waals surface area contributed by atoms with Gasteiger partial charge in [0.05, 0.1) is 26.2 Å². The summed E-state index contributed by atoms with van der Waals surface area (Å²) in [5.74, 6) is 0.973. The Labute approximate surface area is 171 Å². The van der Waals surface area contributed by atoms with Gasteiger partial charge in [0.25, 0.3) is 0 Å². The van der Waals surface area contributed by atoms with Gasteiger partial charge in [0, 0.05) is 24.2 Å². The maximum Gasteiger partial charge on any atom is 0.227 e. The van der Waals surface area contributed by atoms with E-state index in [-0.39, 0.29) is 17.7 Å². The molecule has 2 unspecified atom stereocenters. The molecule has 0 aromatic heterocycles. The van der Waals surface area contributed by atoms with Crippen LogP contribution in [0.1, 0.15) is 37.8 Å². The number of rotatable bonds is 7. The molecule has 2 atom stereocenters. The van der Waals surface area contributed by atoms with Crippen LogP contribution < -0.4 is 19.7 Å². The second-order valence-electron chi connectivity index (χ2n) is 7.08. The molecule has 3 rings (SSSR count). The lowest BCUT2D eigenvalue weighted by atomic mass is 9.82. The number of carbonyl (C=O) groups is 2. The van der Waals surface area contributed by atoms with E-state index in [0.717, 1.165) is 17.7 Å². The van der Waals surface area contributed by atoms with E-state index in [2.05, 4.69) is 5.32 Å². The van der Waals surface area contributed by atoms with E-state index in [9.17, 15) is 9.59 Å². The van der Waals surface area contributed by atoms with Crippen molar-refractivity contribution in [3.8, 4) is 11.5 Å². The molecule has 2 aromatic carbocycles. The molecule has 1 N–H and O–H groups in total. The number of ether oxygens (including phenoxy) is 2. The minimum Gasteiger partial charge on any atom is -0.497 e. The molecule has 6 heteroatoms. The lowest BCUT2D eigenvalue weighted by Crippen LogP contribution is -2.48. The Hall–Kier alpha value is -3.02. The number of para-hydroxylation sites is 1. The zero-order chi connectivity index (χ0) is 20.8. The molecular weight excluding hydrogens is 368 g/mol. The predicted octanol–water partition coefficient (Wildman–Crippen LogP) is 3.71. The summed E-state index contributed by atoms with van der Waals surface area (Å²) in [5, 5.41) is 3.01. The fourth-order valence-corrected chi connectivity index (χ4v) is 3.86. The van der Waals surface area contributed by atoms with Gasteiger partial charge in [-0.25, -0.2) is 0 Å². The van der Waals surface area contributed by atoms with Crippen molar-refractivity contribution in [2.45, 2.75) is 32.2 Å². The molecule has 0 bridgehead atoms. The molecule has 29 heavy (non-hydrogen) atoms. The van der Waals surface area contributed by atoms with E-state index in [1.807, 2.05) is 55.5 Å². The summed E-state index contributed by atoms with van der Waals surface area (Å²) in [6.07, 6.45) is 1.69. The first-order valence-corrected chi connectivity index (χ1v) is 9.97. The first kappa shape index (κ1) is 20.7. The summed E-state index contributed by atoms with van der Waals surface area (Å²) in [7, 11) is 3.21. The molecule has 1 fully saturated rings. The first-order chi connectivity index (χ1) is 14.1. The number of carbonyl (C=O) groups excluding carboxylic acids is 2. The van der Waals surface area contributed by atoms with E-state index in [1.165, 1.54) is 0 Å². The molecule has 0 aliphatic carbocycles. The van der Waals surface area contributed by atoms with Gasteiger partial charge in [-0.05, 0) is 43.2 Å². The third-order valence-electron chi connectivity index (χ3n) is 5.29. The Morgan fingerprint density at radius 1 is 1.10 bits per heavy atom. The van der Waals surface area contributed by atoms with Crippen molar-refractivity contribution in [3.63, 3.8) is 0 Å². The fraction of sp³-hybridized carbons (Fsp3) is 0.391. The molecule has 2 amide bonds. The van der Waals surface area contributed by atoms with Crippen LogP contribution in [0.4, 0.5) is 5.69 Å². The van der Waals surface area contributed by atoms with Gasteiger partial charge in [-0.2, -0.15) is 0 Å². The highest BCUT2D eigenvalue weighted by Gasteiger charge is 2.42. The smallest absolute Gasteiger partial charge is 0.227 e. The number of nitrogens with zero attached hydrogens (tertiary/aromatic N) is 1. The number of benzene rings is 2. The summed E-state index contributed by atoms with van der Waals surface area (Å²) in [4.78, 5) is 27.8. The summed E-state index contributed by atoms with van der Waals surface area (Å²) in [6.45, 7) is 2.64. The molecule has 1 heterocycles. The van der Waals surface area contributed by atoms with E-state index < -0.39 is 6.04 Å². The van der Waals surface area contributed by atoms with Crippen LogP contribution >= 0.6 is 0 Å². The van der Waals surface area contributed by atoms with Gasteiger partial charge >= 0.3 is 0 Å². The number of nitrogens with one attached hydrogen (secondary N) is 1. The maximum atomic E-state index is 13.0. The van der Waals surface area contributed by atoms with Crippen molar-refractivity contribution in [1.29, 1.82) is 0 Å². The zero-order valence-corrected chi connectivity index (χ0v) is 17.2. The van der Waals surface area contributed by atoms with Gasteiger partial charge in [-0.3, -0.25) is 9.59 Å². The number of piperidine rings is 1. The Morgan fingerprint density at radius 3 is 2.48 bits per heavy atom. The van der Waals surface area contributed by atoms with Gasteiger partial charge in [-0.1, -0.05) is 25.1 Å². The second kappa shape index (κ2) is 9.45. The summed E-state index contributed by atoms with van der Waals surface area (Å²) < 4.78 is 10.8. The minimum absolute atomic E-state index is 0.00869. The highest BCUT2D eigenvalue weighted by atomic mass is 16.5. The summed E-state index contributed by atoms with van der Waals surface area (Å²) in [6, 6.07) is 14.5. The number of anilines is 1. The Morgan fingerprint density at radius 2 is 1.83 bits per heavy atom. The van der Waals surface area contributed by atoms with E-state index in [4.69, 9.17) is 9.47 Å². The number of methoxy groups -OCH3 is 2. The summed E-state index contributed by atoms with van der Waals surface area (Å²) >= 11 is 0. The van der Waals surface area contributed by atoms with Crippen molar-refractivity contribution >= 4 is 17.5 Å². The van der Waals surface area contributed by atoms with Gasteiger partial charge in [0.2, 0.25) is 11.8 Å². The van der Waals surface area contributed by atoms with Crippen molar-refractivity contribution < 1.29 is 19.1 Å². The summed E-state index contributed by atoms with van der Waals surface area (Å²) in [5.41, 5.74) is 1.57. The molecule has 154 valence electrons. The molecule has 6 nitrogen and oxygen atoms in total. The van der Waals surface area contributed by atoms with E-state index >= 15 is 0 Å². The minimum atomic E-state index is -0.447. The first-order valence-electron chi connectivity index (χ1n) is 9.97. The van der Waals surface area contributed by atoms with Crippen molar-refractivity contribution in [2.24, 2.45) is 5.92 Å². The third kappa shape index (κ3) is 4.36. The quantitative estimate of drug-likeness (QED) is 0.775. The molecule has 1 aliphatic rings. The Bertz CT molecular complexity index is 850. The van der Waals surface area contributed by atoms with E-state index in [1.54, 1.807) is 19.1 Å². The predicted molar refractivity (Wildman–Crippen MR) is 112 cm³/mol. The topological polar surface area (TPSA) is 67.9 Å².